The first-order valence-corrected chi connectivity index (χ1v) is 11.3. The van der Waals surface area contributed by atoms with E-state index in [4.69, 9.17) is 27.3 Å². The van der Waals surface area contributed by atoms with E-state index in [1.54, 1.807) is 41.0 Å². The van der Waals surface area contributed by atoms with Gasteiger partial charge in [-0.1, -0.05) is 23.7 Å². The quantitative estimate of drug-likeness (QED) is 0.539. The molecule has 8 nitrogen and oxygen atoms in total. The minimum absolute atomic E-state index is 0.0981. The standard InChI is InChI=1S/C25H23ClFN5O3/c1-35-9-8-18-13-31(22(33)10-15-2-4-16(12-28)5-3-15)14-21-23(25(29)34)24(30-32(18)21)17-6-7-20(27)19(26)11-17/h2-7,11,18H,8-10,13-14H2,1H3,(H2,29,34). The number of rotatable bonds is 7. The summed E-state index contributed by atoms with van der Waals surface area (Å²) in [7, 11) is 1.58. The third-order valence-corrected chi connectivity index (χ3v) is 6.30. The first kappa shape index (κ1) is 24.4. The van der Waals surface area contributed by atoms with Crippen LogP contribution < -0.4 is 5.73 Å². The number of fused-ring (bicyclic) bond motifs is 1. The Morgan fingerprint density at radius 3 is 2.66 bits per heavy atom. The molecule has 1 aliphatic heterocycles. The molecule has 2 N–H and O–H groups in total. The van der Waals surface area contributed by atoms with E-state index in [9.17, 15) is 14.0 Å². The zero-order valence-corrected chi connectivity index (χ0v) is 19.8. The van der Waals surface area contributed by atoms with Gasteiger partial charge < -0.3 is 15.4 Å². The predicted molar refractivity (Wildman–Crippen MR) is 127 cm³/mol. The number of ether oxygens (including phenoxy) is 1. The highest BCUT2D eigenvalue weighted by Gasteiger charge is 2.34. The summed E-state index contributed by atoms with van der Waals surface area (Å²) in [5.74, 6) is -1.42. The van der Waals surface area contributed by atoms with Gasteiger partial charge in [0.2, 0.25) is 5.91 Å². The number of amides is 2. The Kier molecular flexibility index (Phi) is 7.15. The van der Waals surface area contributed by atoms with E-state index >= 15 is 0 Å². The molecule has 1 aliphatic rings. The number of carbonyl (C=O) groups is 2. The van der Waals surface area contributed by atoms with Gasteiger partial charge in [-0.25, -0.2) is 4.39 Å². The minimum atomic E-state index is -0.700. The molecule has 1 aromatic heterocycles. The molecule has 1 atom stereocenters. The second-order valence-corrected chi connectivity index (χ2v) is 8.71. The van der Waals surface area contributed by atoms with Gasteiger partial charge in [-0.05, 0) is 42.3 Å². The highest BCUT2D eigenvalue weighted by molar-refractivity contribution is 6.31. The number of carbonyl (C=O) groups excluding carboxylic acids is 2. The lowest BCUT2D eigenvalue weighted by Crippen LogP contribution is -2.43. The molecule has 0 saturated heterocycles. The number of methoxy groups -OCH3 is 1. The number of nitrogens with two attached hydrogens (primary N) is 1. The number of aromatic nitrogens is 2. The fourth-order valence-corrected chi connectivity index (χ4v) is 4.43. The lowest BCUT2D eigenvalue weighted by atomic mass is 10.0. The second kappa shape index (κ2) is 10.3. The minimum Gasteiger partial charge on any atom is -0.385 e. The van der Waals surface area contributed by atoms with Gasteiger partial charge in [-0.2, -0.15) is 10.4 Å². The van der Waals surface area contributed by atoms with Crippen LogP contribution in [0.1, 0.15) is 39.6 Å². The van der Waals surface area contributed by atoms with Gasteiger partial charge in [0.1, 0.15) is 11.5 Å². The summed E-state index contributed by atoms with van der Waals surface area (Å²) < 4.78 is 20.7. The summed E-state index contributed by atoms with van der Waals surface area (Å²) in [6, 6.07) is 12.7. The Morgan fingerprint density at radius 2 is 2.03 bits per heavy atom. The molecule has 0 aliphatic carbocycles. The molecule has 2 heterocycles. The maximum atomic E-state index is 13.7. The maximum Gasteiger partial charge on any atom is 0.252 e. The summed E-state index contributed by atoms with van der Waals surface area (Å²) in [5.41, 5.74) is 8.47. The van der Waals surface area contributed by atoms with E-state index in [0.717, 1.165) is 5.56 Å². The van der Waals surface area contributed by atoms with Gasteiger partial charge in [-0.3, -0.25) is 14.3 Å². The number of hydrogen-bond acceptors (Lipinski definition) is 5. The highest BCUT2D eigenvalue weighted by atomic mass is 35.5. The summed E-state index contributed by atoms with van der Waals surface area (Å²) in [4.78, 5) is 27.4. The van der Waals surface area contributed by atoms with Crippen LogP contribution in [0.25, 0.3) is 11.3 Å². The van der Waals surface area contributed by atoms with Crippen LogP contribution in [0.4, 0.5) is 4.39 Å². The van der Waals surface area contributed by atoms with E-state index < -0.39 is 11.7 Å². The molecule has 0 fully saturated rings. The fraction of sp³-hybridized carbons (Fsp3) is 0.280. The van der Waals surface area contributed by atoms with Gasteiger partial charge in [0.05, 0.1) is 46.9 Å². The van der Waals surface area contributed by atoms with Crippen molar-refractivity contribution in [1.29, 1.82) is 5.26 Å². The van der Waals surface area contributed by atoms with Gasteiger partial charge in [-0.15, -0.1) is 0 Å². The van der Waals surface area contributed by atoms with Crippen LogP contribution in [0.2, 0.25) is 5.02 Å². The van der Waals surface area contributed by atoms with Crippen LogP contribution in [0.15, 0.2) is 42.5 Å². The molecule has 4 rings (SSSR count). The van der Waals surface area contributed by atoms with E-state index in [0.29, 0.717) is 42.1 Å². The molecule has 1 unspecified atom stereocenters. The van der Waals surface area contributed by atoms with Gasteiger partial charge in [0.15, 0.2) is 0 Å². The van der Waals surface area contributed by atoms with Crippen molar-refractivity contribution in [2.24, 2.45) is 5.73 Å². The topological polar surface area (TPSA) is 114 Å². The monoisotopic (exact) mass is 495 g/mol. The van der Waals surface area contributed by atoms with Crippen LogP contribution in [0.5, 0.6) is 0 Å². The van der Waals surface area contributed by atoms with E-state index in [2.05, 4.69) is 11.2 Å². The first-order chi connectivity index (χ1) is 16.8. The van der Waals surface area contributed by atoms with Crippen LogP contribution >= 0.6 is 11.6 Å². The number of hydrogen-bond donors (Lipinski definition) is 1. The van der Waals surface area contributed by atoms with Crippen molar-refractivity contribution in [2.45, 2.75) is 25.4 Å². The summed E-state index contributed by atoms with van der Waals surface area (Å²) in [6.07, 6.45) is 0.691. The lowest BCUT2D eigenvalue weighted by Gasteiger charge is -2.34. The predicted octanol–water partition coefficient (Wildman–Crippen LogP) is 3.48. The second-order valence-electron chi connectivity index (χ2n) is 8.30. The molecular formula is C25H23ClFN5O3. The Morgan fingerprint density at radius 1 is 1.29 bits per heavy atom. The Labute approximate surface area is 206 Å². The Bertz CT molecular complexity index is 1320. The fourth-order valence-electron chi connectivity index (χ4n) is 4.25. The molecule has 2 amide bonds. The molecule has 3 aromatic rings. The van der Waals surface area contributed by atoms with Crippen LogP contribution in [0.3, 0.4) is 0 Å². The molecule has 0 saturated carbocycles. The SMILES string of the molecule is COCCC1CN(C(=O)Cc2ccc(C#N)cc2)Cc2c(C(N)=O)c(-c3ccc(F)c(Cl)c3)nn21. The number of halogens is 2. The number of benzene rings is 2. The number of nitriles is 1. The average molecular weight is 496 g/mol. The molecule has 10 heteroatoms. The van der Waals surface area contributed by atoms with Crippen molar-refractivity contribution in [3.8, 4) is 17.3 Å². The first-order valence-electron chi connectivity index (χ1n) is 10.9. The van der Waals surface area contributed by atoms with E-state index in [1.165, 1.54) is 18.2 Å². The van der Waals surface area contributed by atoms with Crippen LogP contribution in [-0.2, 0) is 22.5 Å². The van der Waals surface area contributed by atoms with Crippen molar-refractivity contribution in [1.82, 2.24) is 14.7 Å². The molecule has 2 aromatic carbocycles. The molecule has 0 bridgehead atoms. The zero-order chi connectivity index (χ0) is 25.1. The van der Waals surface area contributed by atoms with E-state index in [-0.39, 0.29) is 35.5 Å². The molecule has 35 heavy (non-hydrogen) atoms. The van der Waals surface area contributed by atoms with Crippen LogP contribution in [-0.4, -0.2) is 46.8 Å². The van der Waals surface area contributed by atoms with Crippen molar-refractivity contribution in [3.05, 3.63) is 75.7 Å². The summed E-state index contributed by atoms with van der Waals surface area (Å²) >= 11 is 5.97. The Hall–Kier alpha value is -3.74. The summed E-state index contributed by atoms with van der Waals surface area (Å²) in [5, 5.41) is 13.5. The van der Waals surface area contributed by atoms with E-state index in [1.807, 2.05) is 0 Å². The number of primary amides is 1. The third-order valence-electron chi connectivity index (χ3n) is 6.01. The zero-order valence-electron chi connectivity index (χ0n) is 19.0. The van der Waals surface area contributed by atoms with Gasteiger partial charge in [0, 0.05) is 25.8 Å². The molecule has 180 valence electrons. The third kappa shape index (κ3) is 5.04. The molecule has 0 spiro atoms. The highest BCUT2D eigenvalue weighted by Crippen LogP contribution is 2.34. The molecule has 0 radical (unpaired) electrons. The normalized spacial score (nSPS) is 14.9. The number of nitrogens with zero attached hydrogens (tertiary/aromatic N) is 4. The van der Waals surface area contributed by atoms with Crippen LogP contribution in [0, 0.1) is 17.1 Å². The smallest absolute Gasteiger partial charge is 0.252 e. The summed E-state index contributed by atoms with van der Waals surface area (Å²) in [6.45, 7) is 0.930. The Balaban J connectivity index is 1.71. The van der Waals surface area contributed by atoms with Gasteiger partial charge >= 0.3 is 0 Å². The molecular weight excluding hydrogens is 473 g/mol. The van der Waals surface area contributed by atoms with Crippen molar-refractivity contribution in [2.75, 3.05) is 20.3 Å². The average Bonchev–Trinajstić information content (AvgIpc) is 3.24. The van der Waals surface area contributed by atoms with Crippen molar-refractivity contribution >= 4 is 23.4 Å². The van der Waals surface area contributed by atoms with Crippen molar-refractivity contribution in [3.63, 3.8) is 0 Å². The maximum absolute atomic E-state index is 13.7. The lowest BCUT2D eigenvalue weighted by molar-refractivity contribution is -0.132. The van der Waals surface area contributed by atoms with Crippen molar-refractivity contribution < 1.29 is 18.7 Å². The largest absolute Gasteiger partial charge is 0.385 e. The van der Waals surface area contributed by atoms with Gasteiger partial charge in [0.25, 0.3) is 5.91 Å².